The van der Waals surface area contributed by atoms with Crippen LogP contribution in [0.25, 0.3) is 10.2 Å². The predicted octanol–water partition coefficient (Wildman–Crippen LogP) is 4.81. The second-order valence-electron chi connectivity index (χ2n) is 5.63. The Morgan fingerprint density at radius 2 is 1.89 bits per heavy atom. The van der Waals surface area contributed by atoms with Crippen LogP contribution in [-0.4, -0.2) is 20.9 Å². The van der Waals surface area contributed by atoms with Crippen LogP contribution in [0.4, 0.5) is 0 Å². The molecular formula is C14H20N2S2. The molecule has 0 fully saturated rings. The van der Waals surface area contributed by atoms with Crippen LogP contribution in [0.1, 0.15) is 34.6 Å². The van der Waals surface area contributed by atoms with Crippen molar-refractivity contribution in [2.24, 2.45) is 0 Å². The van der Waals surface area contributed by atoms with Gasteiger partial charge in [-0.1, -0.05) is 12.1 Å². The summed E-state index contributed by atoms with van der Waals surface area (Å²) in [5.41, 5.74) is 1.24. The second kappa shape index (κ2) is 5.19. The number of hydrogen-bond acceptors (Lipinski definition) is 4. The van der Waals surface area contributed by atoms with Crippen LogP contribution >= 0.6 is 23.3 Å². The van der Waals surface area contributed by atoms with Crippen LogP contribution < -0.4 is 0 Å². The van der Waals surface area contributed by atoms with E-state index in [0.717, 1.165) is 9.86 Å². The molecule has 0 radical (unpaired) electrons. The van der Waals surface area contributed by atoms with Gasteiger partial charge < -0.3 is 0 Å². The lowest BCUT2D eigenvalue weighted by Gasteiger charge is -2.36. The van der Waals surface area contributed by atoms with Gasteiger partial charge in [0.25, 0.3) is 0 Å². The Morgan fingerprint density at radius 1 is 1.22 bits per heavy atom. The summed E-state index contributed by atoms with van der Waals surface area (Å²) in [4.78, 5) is 4.69. The highest BCUT2D eigenvalue weighted by Gasteiger charge is 2.26. The minimum atomic E-state index is 0.136. The summed E-state index contributed by atoms with van der Waals surface area (Å²) < 4.78 is 4.79. The lowest BCUT2D eigenvalue weighted by molar-refractivity contribution is 0.231. The van der Waals surface area contributed by atoms with Crippen molar-refractivity contribution in [3.8, 4) is 0 Å². The number of thiazole rings is 1. The van der Waals surface area contributed by atoms with Gasteiger partial charge in [0, 0.05) is 11.6 Å². The number of para-hydroxylation sites is 1. The molecule has 0 unspecified atom stereocenters. The van der Waals surface area contributed by atoms with Crippen LogP contribution in [0, 0.1) is 0 Å². The Kier molecular flexibility index (Phi) is 3.99. The van der Waals surface area contributed by atoms with Gasteiger partial charge in [0.05, 0.1) is 10.2 Å². The van der Waals surface area contributed by atoms with E-state index in [2.05, 4.69) is 62.1 Å². The first-order valence-electron chi connectivity index (χ1n) is 6.21. The van der Waals surface area contributed by atoms with Gasteiger partial charge >= 0.3 is 0 Å². The standard InChI is InChI=1S/C14H20N2S2/c1-10(2)16(14(3,4)5)18-13-15-11-8-6-7-9-12(11)17-13/h6-10H,1-5H3. The summed E-state index contributed by atoms with van der Waals surface area (Å²) >= 11 is 3.54. The summed E-state index contributed by atoms with van der Waals surface area (Å²) in [6.45, 7) is 11.2. The first-order valence-corrected chi connectivity index (χ1v) is 7.80. The molecule has 0 spiro atoms. The Labute approximate surface area is 118 Å². The maximum Gasteiger partial charge on any atom is 0.166 e. The first kappa shape index (κ1) is 13.8. The molecule has 1 aromatic carbocycles. The van der Waals surface area contributed by atoms with Crippen LogP contribution in [-0.2, 0) is 0 Å². The Morgan fingerprint density at radius 3 is 2.44 bits per heavy atom. The van der Waals surface area contributed by atoms with E-state index in [0.29, 0.717) is 6.04 Å². The van der Waals surface area contributed by atoms with Crippen LogP contribution in [0.3, 0.4) is 0 Å². The number of nitrogens with zero attached hydrogens (tertiary/aromatic N) is 2. The molecule has 1 aromatic heterocycles. The largest absolute Gasteiger partial charge is 0.237 e. The molecule has 2 nitrogen and oxygen atoms in total. The second-order valence-corrected chi connectivity index (χ2v) is 7.88. The van der Waals surface area contributed by atoms with Crippen LogP contribution in [0.15, 0.2) is 28.6 Å². The van der Waals surface area contributed by atoms with E-state index in [9.17, 15) is 0 Å². The van der Waals surface area contributed by atoms with Crippen LogP contribution in [0.2, 0.25) is 0 Å². The molecule has 0 bridgehead atoms. The van der Waals surface area contributed by atoms with E-state index in [-0.39, 0.29) is 5.54 Å². The maximum absolute atomic E-state index is 4.69. The molecule has 0 aliphatic heterocycles. The lowest BCUT2D eigenvalue weighted by Crippen LogP contribution is -2.40. The number of aromatic nitrogens is 1. The molecular weight excluding hydrogens is 260 g/mol. The van der Waals surface area contributed by atoms with Gasteiger partial charge in [-0.15, -0.1) is 11.3 Å². The summed E-state index contributed by atoms with van der Waals surface area (Å²) in [6, 6.07) is 8.81. The minimum absolute atomic E-state index is 0.136. The van der Waals surface area contributed by atoms with Crippen molar-refractivity contribution in [1.29, 1.82) is 0 Å². The Hall–Kier alpha value is -0.580. The zero-order valence-electron chi connectivity index (χ0n) is 11.6. The van der Waals surface area contributed by atoms with Crippen LogP contribution in [0.5, 0.6) is 0 Å². The fraction of sp³-hybridized carbons (Fsp3) is 0.500. The summed E-state index contributed by atoms with van der Waals surface area (Å²) in [5, 5.41) is 0. The van der Waals surface area contributed by atoms with Gasteiger partial charge in [0.1, 0.15) is 0 Å². The highest BCUT2D eigenvalue weighted by atomic mass is 32.2. The number of hydrogen-bond donors (Lipinski definition) is 0. The highest BCUT2D eigenvalue weighted by molar-refractivity contribution is 7.99. The first-order chi connectivity index (χ1) is 8.38. The van der Waals surface area contributed by atoms with Gasteiger partial charge in [0.15, 0.2) is 4.34 Å². The molecule has 1 heterocycles. The molecule has 0 N–H and O–H groups in total. The third-order valence-electron chi connectivity index (χ3n) is 2.58. The quantitative estimate of drug-likeness (QED) is 0.750. The maximum atomic E-state index is 4.69. The molecule has 0 atom stereocenters. The smallest absolute Gasteiger partial charge is 0.166 e. The van der Waals surface area contributed by atoms with Gasteiger partial charge in [-0.05, 0) is 58.7 Å². The van der Waals surface area contributed by atoms with Crippen molar-refractivity contribution in [2.45, 2.75) is 50.5 Å². The average Bonchev–Trinajstić information content (AvgIpc) is 2.66. The monoisotopic (exact) mass is 280 g/mol. The van der Waals surface area contributed by atoms with Gasteiger partial charge in [0.2, 0.25) is 0 Å². The molecule has 18 heavy (non-hydrogen) atoms. The highest BCUT2D eigenvalue weighted by Crippen LogP contribution is 2.36. The van der Waals surface area contributed by atoms with Gasteiger partial charge in [-0.3, -0.25) is 0 Å². The van der Waals surface area contributed by atoms with E-state index in [1.54, 1.807) is 23.3 Å². The van der Waals surface area contributed by atoms with E-state index in [1.807, 2.05) is 6.07 Å². The van der Waals surface area contributed by atoms with Crippen molar-refractivity contribution in [1.82, 2.24) is 9.29 Å². The van der Waals surface area contributed by atoms with Crippen molar-refractivity contribution in [2.75, 3.05) is 0 Å². The predicted molar refractivity (Wildman–Crippen MR) is 82.2 cm³/mol. The van der Waals surface area contributed by atoms with E-state index < -0.39 is 0 Å². The summed E-state index contributed by atoms with van der Waals surface area (Å²) in [6.07, 6.45) is 0. The van der Waals surface area contributed by atoms with Crippen molar-refractivity contribution >= 4 is 33.5 Å². The molecule has 0 amide bonds. The summed E-state index contributed by atoms with van der Waals surface area (Å²) in [5.74, 6) is 0. The SMILES string of the molecule is CC(C)N(Sc1nc2ccccc2s1)C(C)(C)C. The van der Waals surface area contributed by atoms with E-state index in [4.69, 9.17) is 0 Å². The average molecular weight is 280 g/mol. The third-order valence-corrected chi connectivity index (χ3v) is 5.30. The number of benzene rings is 1. The van der Waals surface area contributed by atoms with Crippen molar-refractivity contribution < 1.29 is 0 Å². The van der Waals surface area contributed by atoms with Gasteiger partial charge in [-0.25, -0.2) is 9.29 Å². The number of fused-ring (bicyclic) bond motifs is 1. The molecule has 0 aliphatic carbocycles. The Bertz CT molecular complexity index is 493. The van der Waals surface area contributed by atoms with Gasteiger partial charge in [-0.2, -0.15) is 0 Å². The molecule has 4 heteroatoms. The third kappa shape index (κ3) is 3.05. The fourth-order valence-corrected chi connectivity index (χ4v) is 4.14. The minimum Gasteiger partial charge on any atom is -0.237 e. The molecule has 2 aromatic rings. The normalized spacial score (nSPS) is 12.8. The topological polar surface area (TPSA) is 16.1 Å². The zero-order valence-corrected chi connectivity index (χ0v) is 13.2. The Balaban J connectivity index is 2.26. The fourth-order valence-electron chi connectivity index (χ4n) is 1.99. The lowest BCUT2D eigenvalue weighted by atomic mass is 10.1. The molecule has 0 saturated heterocycles. The molecule has 0 saturated carbocycles. The molecule has 2 rings (SSSR count). The van der Waals surface area contributed by atoms with Crippen molar-refractivity contribution in [3.63, 3.8) is 0 Å². The van der Waals surface area contributed by atoms with Crippen molar-refractivity contribution in [3.05, 3.63) is 24.3 Å². The zero-order chi connectivity index (χ0) is 13.3. The van der Waals surface area contributed by atoms with E-state index >= 15 is 0 Å². The molecule has 98 valence electrons. The van der Waals surface area contributed by atoms with E-state index in [1.165, 1.54) is 4.70 Å². The summed E-state index contributed by atoms with van der Waals surface area (Å²) in [7, 11) is 0. The number of rotatable bonds is 3. The molecule has 0 aliphatic rings.